The molecule has 0 spiro atoms. The normalized spacial score (nSPS) is 26.6. The quantitative estimate of drug-likeness (QED) is 0.804. The molecule has 0 unspecified atom stereocenters. The Kier molecular flexibility index (Phi) is 6.18. The fourth-order valence-corrected chi connectivity index (χ4v) is 5.11. The van der Waals surface area contributed by atoms with E-state index in [-0.39, 0.29) is 23.8 Å². The van der Waals surface area contributed by atoms with Crippen molar-refractivity contribution >= 4 is 11.8 Å². The van der Waals surface area contributed by atoms with Crippen LogP contribution >= 0.6 is 0 Å². The Hall–Kier alpha value is -1.96. The van der Waals surface area contributed by atoms with Crippen molar-refractivity contribution in [3.8, 4) is 0 Å². The molecule has 3 aliphatic heterocycles. The number of aromatic nitrogens is 3. The van der Waals surface area contributed by atoms with E-state index in [0.29, 0.717) is 19.0 Å². The summed E-state index contributed by atoms with van der Waals surface area (Å²) in [5, 5.41) is 8.97. The fraction of sp³-hybridized carbons (Fsp3) is 0.810. The summed E-state index contributed by atoms with van der Waals surface area (Å²) in [6, 6.07) is -0.0364. The van der Waals surface area contributed by atoms with Gasteiger partial charge in [0.15, 0.2) is 0 Å². The van der Waals surface area contributed by atoms with E-state index in [1.807, 2.05) is 4.90 Å². The molecule has 1 aromatic heterocycles. The molecule has 2 fully saturated rings. The number of rotatable bonds is 2. The number of piperidine rings is 1. The zero-order valence-corrected chi connectivity index (χ0v) is 17.6. The van der Waals surface area contributed by atoms with Gasteiger partial charge in [0.25, 0.3) is 0 Å². The van der Waals surface area contributed by atoms with E-state index in [1.54, 1.807) is 11.8 Å². The Morgan fingerprint density at radius 1 is 0.931 bits per heavy atom. The van der Waals surface area contributed by atoms with Crippen LogP contribution in [0.15, 0.2) is 0 Å². The number of carbonyl (C=O) groups excluding carboxylic acids is 2. The molecule has 2 atom stereocenters. The highest BCUT2D eigenvalue weighted by Crippen LogP contribution is 2.30. The average molecular weight is 403 g/mol. The SMILES string of the molecule is CC(=O)N1C[C@@H](N)CC[C@@H](C(=O)N2CCC(c3nnc4n3CCCCC4)CC2)C1. The summed E-state index contributed by atoms with van der Waals surface area (Å²) in [6.07, 6.45) is 8.13. The van der Waals surface area contributed by atoms with E-state index in [4.69, 9.17) is 5.73 Å². The molecule has 29 heavy (non-hydrogen) atoms. The molecule has 4 rings (SSSR count). The molecule has 1 aromatic rings. The first kappa shape index (κ1) is 20.3. The van der Waals surface area contributed by atoms with Crippen molar-refractivity contribution in [3.63, 3.8) is 0 Å². The highest BCUT2D eigenvalue weighted by atomic mass is 16.2. The molecular formula is C21H34N6O2. The van der Waals surface area contributed by atoms with Gasteiger partial charge < -0.3 is 20.1 Å². The molecule has 0 saturated carbocycles. The van der Waals surface area contributed by atoms with Gasteiger partial charge in [-0.25, -0.2) is 0 Å². The highest BCUT2D eigenvalue weighted by Gasteiger charge is 2.34. The number of hydrogen-bond acceptors (Lipinski definition) is 5. The van der Waals surface area contributed by atoms with E-state index in [0.717, 1.165) is 63.4 Å². The summed E-state index contributed by atoms with van der Waals surface area (Å²) in [4.78, 5) is 28.8. The predicted molar refractivity (Wildman–Crippen MR) is 109 cm³/mol. The minimum absolute atomic E-state index is 0.00589. The first-order chi connectivity index (χ1) is 14.0. The van der Waals surface area contributed by atoms with Crippen molar-refractivity contribution in [2.24, 2.45) is 11.7 Å². The predicted octanol–water partition coefficient (Wildman–Crippen LogP) is 1.30. The van der Waals surface area contributed by atoms with Crippen LogP contribution in [0.4, 0.5) is 0 Å². The molecule has 8 heteroatoms. The van der Waals surface area contributed by atoms with Crippen LogP contribution in [0.25, 0.3) is 0 Å². The molecule has 2 N–H and O–H groups in total. The lowest BCUT2D eigenvalue weighted by atomic mass is 9.93. The summed E-state index contributed by atoms with van der Waals surface area (Å²) in [5.41, 5.74) is 6.11. The number of nitrogens with two attached hydrogens (primary N) is 1. The number of fused-ring (bicyclic) bond motifs is 1. The summed E-state index contributed by atoms with van der Waals surface area (Å²) in [6.45, 7) is 5.16. The highest BCUT2D eigenvalue weighted by molar-refractivity contribution is 5.80. The Labute approximate surface area is 172 Å². The van der Waals surface area contributed by atoms with Crippen LogP contribution in [0.3, 0.4) is 0 Å². The van der Waals surface area contributed by atoms with Gasteiger partial charge in [0.1, 0.15) is 11.6 Å². The summed E-state index contributed by atoms with van der Waals surface area (Å²) < 4.78 is 2.34. The van der Waals surface area contributed by atoms with Crippen LogP contribution in [0.5, 0.6) is 0 Å². The second-order valence-corrected chi connectivity index (χ2v) is 8.99. The van der Waals surface area contributed by atoms with Crippen LogP contribution in [-0.2, 0) is 22.6 Å². The fourth-order valence-electron chi connectivity index (χ4n) is 5.11. The van der Waals surface area contributed by atoms with Crippen LogP contribution in [0.1, 0.15) is 69.4 Å². The van der Waals surface area contributed by atoms with Crippen molar-refractivity contribution in [2.75, 3.05) is 26.2 Å². The molecule has 2 saturated heterocycles. The summed E-state index contributed by atoms with van der Waals surface area (Å²) >= 11 is 0. The van der Waals surface area contributed by atoms with Gasteiger partial charge in [-0.1, -0.05) is 6.42 Å². The Morgan fingerprint density at radius 3 is 2.48 bits per heavy atom. The summed E-state index contributed by atoms with van der Waals surface area (Å²) in [7, 11) is 0. The minimum Gasteiger partial charge on any atom is -0.342 e. The van der Waals surface area contributed by atoms with Crippen molar-refractivity contribution in [2.45, 2.75) is 76.8 Å². The average Bonchev–Trinajstić information content (AvgIpc) is 2.87. The Morgan fingerprint density at radius 2 is 1.72 bits per heavy atom. The molecule has 0 aliphatic carbocycles. The van der Waals surface area contributed by atoms with Crippen molar-refractivity contribution in [1.29, 1.82) is 0 Å². The summed E-state index contributed by atoms with van der Waals surface area (Å²) in [5.74, 6) is 2.70. The van der Waals surface area contributed by atoms with E-state index < -0.39 is 0 Å². The van der Waals surface area contributed by atoms with Gasteiger partial charge in [0, 0.05) is 58.0 Å². The van der Waals surface area contributed by atoms with Crippen LogP contribution in [-0.4, -0.2) is 68.6 Å². The first-order valence-electron chi connectivity index (χ1n) is 11.2. The van der Waals surface area contributed by atoms with E-state index in [2.05, 4.69) is 14.8 Å². The van der Waals surface area contributed by atoms with E-state index in [9.17, 15) is 9.59 Å². The molecule has 160 valence electrons. The van der Waals surface area contributed by atoms with Gasteiger partial charge in [0.05, 0.1) is 5.92 Å². The van der Waals surface area contributed by atoms with Crippen LogP contribution in [0, 0.1) is 5.92 Å². The van der Waals surface area contributed by atoms with Gasteiger partial charge in [-0.05, 0) is 38.5 Å². The molecule has 2 amide bonds. The smallest absolute Gasteiger partial charge is 0.227 e. The van der Waals surface area contributed by atoms with Crippen LogP contribution in [0.2, 0.25) is 0 Å². The van der Waals surface area contributed by atoms with Crippen molar-refractivity contribution in [1.82, 2.24) is 24.6 Å². The lowest BCUT2D eigenvalue weighted by Crippen LogP contribution is -2.45. The molecular weight excluding hydrogens is 368 g/mol. The monoisotopic (exact) mass is 402 g/mol. The number of amides is 2. The van der Waals surface area contributed by atoms with E-state index >= 15 is 0 Å². The Balaban J connectivity index is 1.37. The largest absolute Gasteiger partial charge is 0.342 e. The third-order valence-corrected chi connectivity index (χ3v) is 6.89. The van der Waals surface area contributed by atoms with Crippen molar-refractivity contribution < 1.29 is 9.59 Å². The number of aryl methyl sites for hydroxylation is 1. The molecule has 0 radical (unpaired) electrons. The van der Waals surface area contributed by atoms with Crippen molar-refractivity contribution in [3.05, 3.63) is 11.6 Å². The van der Waals surface area contributed by atoms with Gasteiger partial charge >= 0.3 is 0 Å². The lowest BCUT2D eigenvalue weighted by molar-refractivity contribution is -0.138. The standard InChI is InChI=1S/C21H34N6O2/c1-15(28)26-13-17(6-7-18(22)14-26)21(29)25-11-8-16(9-12-25)20-24-23-19-5-3-2-4-10-27(19)20/h16-18H,2-14,22H2,1H3/t17-,18+/m1/s1. The lowest BCUT2D eigenvalue weighted by Gasteiger charge is -2.34. The van der Waals surface area contributed by atoms with Gasteiger partial charge in [-0.3, -0.25) is 9.59 Å². The second kappa shape index (κ2) is 8.81. The maximum atomic E-state index is 13.2. The number of nitrogens with zero attached hydrogens (tertiary/aromatic N) is 5. The third kappa shape index (κ3) is 4.47. The second-order valence-electron chi connectivity index (χ2n) is 8.99. The molecule has 4 heterocycles. The molecule has 0 aromatic carbocycles. The zero-order chi connectivity index (χ0) is 20.4. The Bertz CT molecular complexity index is 740. The zero-order valence-electron chi connectivity index (χ0n) is 17.6. The first-order valence-corrected chi connectivity index (χ1v) is 11.2. The maximum absolute atomic E-state index is 13.2. The maximum Gasteiger partial charge on any atom is 0.227 e. The minimum atomic E-state index is -0.131. The molecule has 0 bridgehead atoms. The van der Waals surface area contributed by atoms with E-state index in [1.165, 1.54) is 19.3 Å². The molecule has 3 aliphatic rings. The third-order valence-electron chi connectivity index (χ3n) is 6.89. The number of likely N-dealkylation sites (tertiary alicyclic amines) is 2. The number of hydrogen-bond donors (Lipinski definition) is 1. The number of carbonyl (C=O) groups is 2. The topological polar surface area (TPSA) is 97.3 Å². The van der Waals surface area contributed by atoms with Gasteiger partial charge in [0.2, 0.25) is 11.8 Å². The van der Waals surface area contributed by atoms with Gasteiger partial charge in [-0.15, -0.1) is 10.2 Å². The van der Waals surface area contributed by atoms with Crippen LogP contribution < -0.4 is 5.73 Å². The molecule has 8 nitrogen and oxygen atoms in total. The van der Waals surface area contributed by atoms with Gasteiger partial charge in [-0.2, -0.15) is 0 Å².